The van der Waals surface area contributed by atoms with Gasteiger partial charge in [-0.3, -0.25) is 0 Å². The minimum Gasteiger partial charge on any atom is -0.446 e. The van der Waals surface area contributed by atoms with Crippen molar-refractivity contribution in [3.05, 3.63) is 36.4 Å². The predicted molar refractivity (Wildman–Crippen MR) is 110 cm³/mol. The van der Waals surface area contributed by atoms with Crippen molar-refractivity contribution in [2.75, 3.05) is 0 Å². The number of carbonyl (C=O) groups is 2. The molecule has 0 aromatic carbocycles. The average molecular weight is 592 g/mol. The molecule has 0 fully saturated rings. The van der Waals surface area contributed by atoms with Gasteiger partial charge in [-0.2, -0.15) is 35.9 Å². The number of nitrogens with zero attached hydrogens (tertiary/aromatic N) is 4. The molecule has 2 rings (SSSR count). The zero-order valence-electron chi connectivity index (χ0n) is 19.4. The molecule has 2 aromatic rings. The van der Waals surface area contributed by atoms with E-state index in [0.717, 1.165) is 24.5 Å². The van der Waals surface area contributed by atoms with Crippen LogP contribution in [0.15, 0.2) is 24.8 Å². The van der Waals surface area contributed by atoms with E-state index in [4.69, 9.17) is 10.2 Å². The van der Waals surface area contributed by atoms with Crippen LogP contribution in [0.4, 0.5) is 35.9 Å². The Balaban J connectivity index is 0.000000534. The molecule has 0 aliphatic heterocycles. The molecule has 21 heteroatoms. The molecule has 2 aromatic heterocycles. The smallest absolute Gasteiger partial charge is 0.446 e. The fourth-order valence-electron chi connectivity index (χ4n) is 2.44. The number of imidazole rings is 2. The maximum absolute atomic E-state index is 11.5. The third-order valence-corrected chi connectivity index (χ3v) is 7.10. The number of alkyl halides is 6. The number of halogens is 6. The van der Waals surface area contributed by atoms with Gasteiger partial charge in [0.2, 0.25) is 0 Å². The lowest BCUT2D eigenvalue weighted by Gasteiger charge is -2.11. The number of carboxylic acid groups (broad SMARTS) is 2. The molecule has 0 radical (unpaired) electrons. The first-order valence-corrected chi connectivity index (χ1v) is 12.5. The Labute approximate surface area is 206 Å². The lowest BCUT2D eigenvalue weighted by molar-refractivity contribution is -0.678. The molecule has 2 heterocycles. The van der Waals surface area contributed by atoms with Crippen LogP contribution in [0.3, 0.4) is 0 Å². The Hall–Kier alpha value is -3.20. The number of aryl methyl sites for hydroxylation is 2. The van der Waals surface area contributed by atoms with Crippen molar-refractivity contribution in [1.82, 2.24) is 13.3 Å². The summed E-state index contributed by atoms with van der Waals surface area (Å²) in [7, 11) is -9.53. The first kappa shape index (κ1) is 33.8. The van der Waals surface area contributed by atoms with Crippen molar-refractivity contribution in [1.29, 1.82) is 0 Å². The second-order valence-corrected chi connectivity index (χ2v) is 10.3. The molecule has 0 saturated carbocycles. The summed E-state index contributed by atoms with van der Waals surface area (Å²) in [5, 5.41) is 17.3. The topological polar surface area (TPSA) is 173 Å². The van der Waals surface area contributed by atoms with Crippen molar-refractivity contribution in [3.63, 3.8) is 0 Å². The predicted octanol–water partition coefficient (Wildman–Crippen LogP) is 1.08. The van der Waals surface area contributed by atoms with Gasteiger partial charge >= 0.3 is 43.2 Å². The molecule has 0 aliphatic carbocycles. The molecule has 0 aliphatic rings. The summed E-state index contributed by atoms with van der Waals surface area (Å²) in [6.45, 7) is 3.85. The van der Waals surface area contributed by atoms with Gasteiger partial charge in [0, 0.05) is 12.8 Å². The molecule has 37 heavy (non-hydrogen) atoms. The van der Waals surface area contributed by atoms with Crippen LogP contribution < -0.4 is 13.3 Å². The van der Waals surface area contributed by atoms with Crippen LogP contribution in [-0.2, 0) is 47.0 Å². The van der Waals surface area contributed by atoms with E-state index in [9.17, 15) is 52.8 Å². The number of rotatable bonds is 4. The summed E-state index contributed by atoms with van der Waals surface area (Å²) in [6.07, 6.45) is 6.12. The summed E-state index contributed by atoms with van der Waals surface area (Å²) in [4.78, 5) is 21.1. The van der Waals surface area contributed by atoms with E-state index in [1.165, 1.54) is 9.13 Å². The Morgan fingerprint density at radius 1 is 0.784 bits per heavy atom. The standard InChI is InChI=1S/2C7H10N2O2.C2HF6NO4S2/c2*1-3-6-8(2)4-5-9(6)7(10)11;3-1(4,5)14(10,11)9-15(12,13)2(6,7)8/h2*4-5H,3H2,1-2H3;9H/p+2. The summed E-state index contributed by atoms with van der Waals surface area (Å²) in [5.41, 5.74) is -12.3. The second-order valence-electron chi connectivity index (χ2n) is 6.64. The van der Waals surface area contributed by atoms with Gasteiger partial charge in [0.1, 0.15) is 24.8 Å². The minimum atomic E-state index is -6.60. The first-order valence-electron chi connectivity index (χ1n) is 9.53. The quantitative estimate of drug-likeness (QED) is 0.350. The van der Waals surface area contributed by atoms with Crippen molar-refractivity contribution < 1.29 is 72.1 Å². The van der Waals surface area contributed by atoms with E-state index >= 15 is 0 Å². The Morgan fingerprint density at radius 3 is 1.22 bits per heavy atom. The normalized spacial score (nSPS) is 12.2. The maximum Gasteiger partial charge on any atom is 0.512 e. The van der Waals surface area contributed by atoms with E-state index in [0.29, 0.717) is 0 Å². The molecule has 212 valence electrons. The highest BCUT2D eigenvalue weighted by atomic mass is 32.3. The lowest BCUT2D eigenvalue weighted by atomic mass is 10.4. The fourth-order valence-corrected chi connectivity index (χ4v) is 4.36. The fraction of sp³-hybridized carbons (Fsp3) is 0.500. The van der Waals surface area contributed by atoms with E-state index in [1.54, 1.807) is 33.9 Å². The summed E-state index contributed by atoms with van der Waals surface area (Å²) >= 11 is 0. The number of nitrogens with one attached hydrogen (secondary N) is 1. The zero-order valence-corrected chi connectivity index (χ0v) is 21.1. The SMILES string of the molecule is CCc1n(C(=O)O)cc[n+]1C.CCc1n(C(=O)O)cc[n+]1C.O=S(=O)(NS(=O)(=O)C(F)(F)F)C(F)(F)F. The van der Waals surface area contributed by atoms with Crippen LogP contribution in [0.1, 0.15) is 25.5 Å². The number of aromatic nitrogens is 4. The van der Waals surface area contributed by atoms with E-state index in [1.807, 2.05) is 27.9 Å². The first-order chi connectivity index (χ1) is 16.5. The van der Waals surface area contributed by atoms with Crippen LogP contribution >= 0.6 is 0 Å². The third-order valence-electron chi connectivity index (χ3n) is 4.12. The Kier molecular flexibility index (Phi) is 11.3. The summed E-state index contributed by atoms with van der Waals surface area (Å²) in [6, 6.07) is 0. The van der Waals surface area contributed by atoms with Crippen LogP contribution in [0.25, 0.3) is 0 Å². The van der Waals surface area contributed by atoms with Gasteiger partial charge in [0.25, 0.3) is 11.6 Å². The van der Waals surface area contributed by atoms with Crippen molar-refractivity contribution in [2.45, 2.75) is 37.7 Å². The second kappa shape index (κ2) is 12.4. The van der Waals surface area contributed by atoms with Gasteiger partial charge in [0.05, 0.1) is 14.1 Å². The number of hydrogen-bond donors (Lipinski definition) is 3. The van der Waals surface area contributed by atoms with E-state index < -0.39 is 47.4 Å². The van der Waals surface area contributed by atoms with Gasteiger partial charge in [0.15, 0.2) is 0 Å². The van der Waals surface area contributed by atoms with E-state index in [2.05, 4.69) is 0 Å². The molecular formula is C16H23F6N5O8S2+2. The van der Waals surface area contributed by atoms with Crippen LogP contribution in [0, 0.1) is 0 Å². The van der Waals surface area contributed by atoms with Crippen molar-refractivity contribution in [3.8, 4) is 0 Å². The number of hydrogen-bond acceptors (Lipinski definition) is 6. The van der Waals surface area contributed by atoms with Crippen molar-refractivity contribution in [2.24, 2.45) is 14.1 Å². The molecule has 0 spiro atoms. The molecule has 0 saturated heterocycles. The largest absolute Gasteiger partial charge is 0.512 e. The maximum atomic E-state index is 11.5. The Bertz CT molecular complexity index is 1210. The molecule has 13 nitrogen and oxygen atoms in total. The number of sulfonamides is 2. The third kappa shape index (κ3) is 9.00. The zero-order chi connectivity index (χ0) is 29.6. The van der Waals surface area contributed by atoms with Gasteiger partial charge in [-0.1, -0.05) is 18.0 Å². The molecule has 0 atom stereocenters. The van der Waals surface area contributed by atoms with Gasteiger partial charge < -0.3 is 10.2 Å². The minimum absolute atomic E-state index is 0.493. The van der Waals surface area contributed by atoms with Crippen LogP contribution in [0.5, 0.6) is 0 Å². The molecule has 0 amide bonds. The van der Waals surface area contributed by atoms with Gasteiger partial charge in [-0.05, 0) is 0 Å². The summed E-state index contributed by atoms with van der Waals surface area (Å²) < 4.78 is 114. The molecule has 0 unspecified atom stereocenters. The van der Waals surface area contributed by atoms with Crippen molar-refractivity contribution >= 4 is 32.2 Å². The molecular weight excluding hydrogens is 568 g/mol. The van der Waals surface area contributed by atoms with Crippen LogP contribution in [0.2, 0.25) is 0 Å². The average Bonchev–Trinajstić information content (AvgIpc) is 3.28. The summed E-state index contributed by atoms with van der Waals surface area (Å²) in [5.74, 6) is 1.58. The lowest BCUT2D eigenvalue weighted by Crippen LogP contribution is -2.45. The Morgan fingerprint density at radius 2 is 1.05 bits per heavy atom. The van der Waals surface area contributed by atoms with Gasteiger partial charge in [-0.25, -0.2) is 26.0 Å². The highest BCUT2D eigenvalue weighted by Gasteiger charge is 2.55. The van der Waals surface area contributed by atoms with Gasteiger partial charge in [-0.15, -0.1) is 9.13 Å². The highest BCUT2D eigenvalue weighted by molar-refractivity contribution is 8.05. The van der Waals surface area contributed by atoms with Crippen LogP contribution in [-0.4, -0.2) is 59.4 Å². The highest BCUT2D eigenvalue weighted by Crippen LogP contribution is 2.27. The van der Waals surface area contributed by atoms with E-state index in [-0.39, 0.29) is 0 Å². The molecule has 3 N–H and O–H groups in total. The monoisotopic (exact) mass is 591 g/mol. The molecule has 0 bridgehead atoms.